The highest BCUT2D eigenvalue weighted by atomic mass is 32.1. The third kappa shape index (κ3) is 2.59. The second-order valence-electron chi connectivity index (χ2n) is 3.28. The van der Waals surface area contributed by atoms with Gasteiger partial charge in [-0.3, -0.25) is 0 Å². The van der Waals surface area contributed by atoms with Crippen LogP contribution in [0.4, 0.5) is 0 Å². The summed E-state index contributed by atoms with van der Waals surface area (Å²) >= 11 is 4.84. The van der Waals surface area contributed by atoms with Crippen molar-refractivity contribution in [3.63, 3.8) is 0 Å². The molecule has 0 unspecified atom stereocenters. The maximum absolute atomic E-state index is 11.4. The van der Waals surface area contributed by atoms with E-state index in [9.17, 15) is 4.79 Å². The molecule has 0 radical (unpaired) electrons. The average molecular weight is 251 g/mol. The Balaban J connectivity index is 2.24. The molecule has 2 rings (SSSR count). The summed E-state index contributed by atoms with van der Waals surface area (Å²) in [6.07, 6.45) is 1.63. The molecule has 6 heteroatoms. The number of H-pyrrole nitrogens is 1. The first kappa shape index (κ1) is 11.5. The van der Waals surface area contributed by atoms with Crippen LogP contribution in [0, 0.1) is 4.71 Å². The topological polar surface area (TPSA) is 59.1 Å². The number of nitrogens with one attached hydrogen (secondary N) is 1. The zero-order chi connectivity index (χ0) is 12.3. The number of carbonyl (C=O) groups is 1. The number of rotatable bonds is 3. The van der Waals surface area contributed by atoms with E-state index in [2.05, 4.69) is 5.27 Å². The van der Waals surface area contributed by atoms with Crippen LogP contribution < -0.4 is 4.68 Å². The summed E-state index contributed by atoms with van der Waals surface area (Å²) < 4.78 is 11.8. The Bertz CT molecular complexity index is 571. The van der Waals surface area contributed by atoms with Crippen LogP contribution in [-0.4, -0.2) is 17.8 Å². The van der Waals surface area contributed by atoms with Crippen molar-refractivity contribution in [2.45, 2.75) is 6.92 Å². The largest absolute Gasteiger partial charge is 0.462 e. The summed E-state index contributed by atoms with van der Waals surface area (Å²) in [6, 6.07) is 6.91. The van der Waals surface area contributed by atoms with Crippen molar-refractivity contribution < 1.29 is 18.7 Å². The maximum Gasteiger partial charge on any atom is 0.338 e. The van der Waals surface area contributed by atoms with Gasteiger partial charge in [-0.15, -0.1) is 0 Å². The molecule has 0 atom stereocenters. The minimum atomic E-state index is -0.329. The Morgan fingerprint density at radius 3 is 2.71 bits per heavy atom. The van der Waals surface area contributed by atoms with Gasteiger partial charge in [-0.2, -0.15) is 0 Å². The fraction of sp³-hybridized carbons (Fsp3) is 0.182. The third-order valence-corrected chi connectivity index (χ3v) is 2.32. The lowest BCUT2D eigenvalue weighted by Gasteiger charge is -2.00. The molecule has 17 heavy (non-hydrogen) atoms. The second-order valence-corrected chi connectivity index (χ2v) is 3.68. The monoisotopic (exact) mass is 251 g/mol. The van der Waals surface area contributed by atoms with Gasteiger partial charge in [0.05, 0.1) is 12.2 Å². The maximum atomic E-state index is 11.4. The normalized spacial score (nSPS) is 10.2. The van der Waals surface area contributed by atoms with Gasteiger partial charge in [-0.05, 0) is 41.2 Å². The molecule has 88 valence electrons. The van der Waals surface area contributed by atoms with Crippen molar-refractivity contribution in [2.24, 2.45) is 0 Å². The molecule has 0 saturated heterocycles. The fourth-order valence-corrected chi connectivity index (χ4v) is 1.49. The van der Waals surface area contributed by atoms with Crippen molar-refractivity contribution in [1.82, 2.24) is 5.27 Å². The van der Waals surface area contributed by atoms with Gasteiger partial charge in [0.2, 0.25) is 5.69 Å². The van der Waals surface area contributed by atoms with Crippen LogP contribution in [0.2, 0.25) is 0 Å². The van der Waals surface area contributed by atoms with E-state index >= 15 is 0 Å². The molecular weight excluding hydrogens is 240 g/mol. The summed E-state index contributed by atoms with van der Waals surface area (Å²) in [5, 5.41) is 2.62. The number of nitrogens with zero attached hydrogens (tertiary/aromatic N) is 1. The van der Waals surface area contributed by atoms with Crippen LogP contribution in [-0.2, 0) is 4.74 Å². The SMILES string of the molecule is CCOC(=O)c1ccc(-[n+]2cc(=S)o[nH]2)cc1. The predicted molar refractivity (Wildman–Crippen MR) is 61.4 cm³/mol. The lowest BCUT2D eigenvalue weighted by molar-refractivity contribution is -0.670. The molecule has 0 spiro atoms. The zero-order valence-corrected chi connectivity index (χ0v) is 9.99. The van der Waals surface area contributed by atoms with Crippen LogP contribution in [0.1, 0.15) is 17.3 Å². The van der Waals surface area contributed by atoms with E-state index in [0.29, 0.717) is 16.9 Å². The van der Waals surface area contributed by atoms with Gasteiger partial charge in [-0.25, -0.2) is 4.79 Å². The second kappa shape index (κ2) is 4.92. The van der Waals surface area contributed by atoms with Gasteiger partial charge >= 0.3 is 5.97 Å². The van der Waals surface area contributed by atoms with E-state index in [-0.39, 0.29) is 5.97 Å². The summed E-state index contributed by atoms with van der Waals surface area (Å²) in [4.78, 5) is 11.4. The average Bonchev–Trinajstić information content (AvgIpc) is 2.76. The number of ether oxygens (including phenoxy) is 1. The van der Waals surface area contributed by atoms with Crippen molar-refractivity contribution in [1.29, 1.82) is 0 Å². The first-order chi connectivity index (χ1) is 8.20. The fourth-order valence-electron chi connectivity index (χ4n) is 1.35. The first-order valence-corrected chi connectivity index (χ1v) is 5.49. The number of esters is 1. The number of hydrogen-bond donors (Lipinski definition) is 1. The Labute approximate surface area is 103 Å². The summed E-state index contributed by atoms with van der Waals surface area (Å²) in [5.41, 5.74) is 1.33. The molecule has 1 aromatic carbocycles. The third-order valence-electron chi connectivity index (χ3n) is 2.14. The molecule has 0 fully saturated rings. The minimum Gasteiger partial charge on any atom is -0.462 e. The van der Waals surface area contributed by atoms with Crippen molar-refractivity contribution >= 4 is 18.2 Å². The number of aromatic nitrogens is 2. The lowest BCUT2D eigenvalue weighted by atomic mass is 10.2. The smallest absolute Gasteiger partial charge is 0.338 e. The van der Waals surface area contributed by atoms with Crippen LogP contribution in [0.15, 0.2) is 35.0 Å². The van der Waals surface area contributed by atoms with Crippen LogP contribution >= 0.6 is 12.2 Å². The molecule has 1 aromatic heterocycles. The molecule has 0 amide bonds. The predicted octanol–water partition coefficient (Wildman–Crippen LogP) is 1.79. The summed E-state index contributed by atoms with van der Waals surface area (Å²) in [7, 11) is 0. The van der Waals surface area contributed by atoms with Gasteiger partial charge in [-0.1, -0.05) is 0 Å². The van der Waals surface area contributed by atoms with E-state index < -0.39 is 0 Å². The Hall–Kier alpha value is -1.95. The molecule has 0 aliphatic rings. The number of aromatic amines is 1. The zero-order valence-electron chi connectivity index (χ0n) is 9.17. The first-order valence-electron chi connectivity index (χ1n) is 5.08. The number of carbonyl (C=O) groups excluding carboxylic acids is 1. The van der Waals surface area contributed by atoms with E-state index in [1.165, 1.54) is 0 Å². The van der Waals surface area contributed by atoms with Crippen LogP contribution in [0.25, 0.3) is 5.69 Å². The highest BCUT2D eigenvalue weighted by Gasteiger charge is 2.11. The van der Waals surface area contributed by atoms with Crippen molar-refractivity contribution in [3.05, 3.63) is 40.7 Å². The summed E-state index contributed by atoms with van der Waals surface area (Å²) in [6.45, 7) is 2.14. The van der Waals surface area contributed by atoms with Gasteiger partial charge in [0, 0.05) is 12.1 Å². The lowest BCUT2D eigenvalue weighted by Crippen LogP contribution is -2.31. The van der Waals surface area contributed by atoms with E-state index in [1.54, 1.807) is 42.1 Å². The molecule has 2 aromatic rings. The summed E-state index contributed by atoms with van der Waals surface area (Å²) in [5.74, 6) is -0.329. The van der Waals surface area contributed by atoms with Gasteiger partial charge in [0.1, 0.15) is 0 Å². The molecule has 1 heterocycles. The van der Waals surface area contributed by atoms with E-state index in [0.717, 1.165) is 5.69 Å². The highest BCUT2D eigenvalue weighted by Crippen LogP contribution is 2.05. The Morgan fingerprint density at radius 1 is 1.47 bits per heavy atom. The standard InChI is InChI=1S/C11H10N2O3S/c1-2-15-11(14)8-3-5-9(6-4-8)13-7-10(17)16-12-13/h3-7H,2H2,1H3/p+1. The number of hydrogen-bond acceptors (Lipinski definition) is 4. The van der Waals surface area contributed by atoms with Gasteiger partial charge < -0.3 is 9.26 Å². The number of benzene rings is 1. The highest BCUT2D eigenvalue weighted by molar-refractivity contribution is 7.71. The van der Waals surface area contributed by atoms with Crippen molar-refractivity contribution in [2.75, 3.05) is 6.61 Å². The molecule has 1 N–H and O–H groups in total. The van der Waals surface area contributed by atoms with Crippen LogP contribution in [0.5, 0.6) is 0 Å². The molecule has 5 nitrogen and oxygen atoms in total. The van der Waals surface area contributed by atoms with Crippen molar-refractivity contribution in [3.8, 4) is 5.69 Å². The molecule has 0 aliphatic carbocycles. The quantitative estimate of drug-likeness (QED) is 0.513. The van der Waals surface area contributed by atoms with Crippen LogP contribution in [0.3, 0.4) is 0 Å². The molecule has 0 saturated carbocycles. The Morgan fingerprint density at radius 2 is 2.18 bits per heavy atom. The van der Waals surface area contributed by atoms with E-state index in [4.69, 9.17) is 21.5 Å². The molecule has 0 aliphatic heterocycles. The van der Waals surface area contributed by atoms with Gasteiger partial charge in [0.25, 0.3) is 10.9 Å². The molecule has 0 bridgehead atoms. The van der Waals surface area contributed by atoms with E-state index in [1.807, 2.05) is 0 Å². The minimum absolute atomic E-state index is 0.329. The van der Waals surface area contributed by atoms with Gasteiger partial charge in [0.15, 0.2) is 0 Å². The molecular formula is C11H11N2O3S+. The Kier molecular flexibility index (Phi) is 3.34.